The topological polar surface area (TPSA) is 32.7 Å². The zero-order chi connectivity index (χ0) is 16.2. The third kappa shape index (κ3) is 4.97. The van der Waals surface area contributed by atoms with Crippen LogP contribution in [0.25, 0.3) is 0 Å². The first-order chi connectivity index (χ1) is 10.4. The Morgan fingerprint density at radius 1 is 1.27 bits per heavy atom. The molecule has 1 aliphatic rings. The number of rotatable bonds is 4. The van der Waals surface area contributed by atoms with Crippen LogP contribution >= 0.6 is 0 Å². The van der Waals surface area contributed by atoms with Gasteiger partial charge in [0.2, 0.25) is 0 Å². The molecule has 1 N–H and O–H groups in total. The summed E-state index contributed by atoms with van der Waals surface area (Å²) in [5, 5.41) is 10.2. The Morgan fingerprint density at radius 2 is 1.95 bits per heavy atom. The Morgan fingerprint density at radius 3 is 2.59 bits per heavy atom. The van der Waals surface area contributed by atoms with Crippen molar-refractivity contribution in [2.75, 3.05) is 26.3 Å². The summed E-state index contributed by atoms with van der Waals surface area (Å²) in [5.74, 6) is 0. The van der Waals surface area contributed by atoms with Crippen LogP contribution in [0.4, 0.5) is 13.2 Å². The molecule has 2 atom stereocenters. The molecule has 1 aliphatic heterocycles. The van der Waals surface area contributed by atoms with Crippen LogP contribution in [0.15, 0.2) is 24.3 Å². The highest BCUT2D eigenvalue weighted by molar-refractivity contribution is 5.25. The van der Waals surface area contributed by atoms with Gasteiger partial charge in [-0.25, -0.2) is 0 Å². The lowest BCUT2D eigenvalue weighted by Gasteiger charge is -2.28. The van der Waals surface area contributed by atoms with Gasteiger partial charge in [0, 0.05) is 25.7 Å². The molecule has 1 saturated heterocycles. The van der Waals surface area contributed by atoms with E-state index in [1.165, 1.54) is 12.1 Å². The van der Waals surface area contributed by atoms with Crippen molar-refractivity contribution in [3.05, 3.63) is 35.4 Å². The third-order valence-electron chi connectivity index (χ3n) is 4.02. The summed E-state index contributed by atoms with van der Waals surface area (Å²) >= 11 is 0. The van der Waals surface area contributed by atoms with Crippen molar-refractivity contribution in [1.29, 1.82) is 0 Å². The molecule has 124 valence electrons. The molecule has 3 nitrogen and oxygen atoms in total. The van der Waals surface area contributed by atoms with E-state index in [0.29, 0.717) is 31.2 Å². The van der Waals surface area contributed by atoms with Crippen molar-refractivity contribution in [2.24, 2.45) is 0 Å². The summed E-state index contributed by atoms with van der Waals surface area (Å²) in [7, 11) is 0. The number of aliphatic hydroxyl groups is 1. The molecular weight excluding hydrogens is 295 g/mol. The van der Waals surface area contributed by atoms with Crippen LogP contribution < -0.4 is 0 Å². The first-order valence-electron chi connectivity index (χ1n) is 7.52. The molecule has 2 unspecified atom stereocenters. The Bertz CT molecular complexity index is 461. The van der Waals surface area contributed by atoms with Gasteiger partial charge in [-0.05, 0) is 37.5 Å². The van der Waals surface area contributed by atoms with Gasteiger partial charge in [0.1, 0.15) is 0 Å². The van der Waals surface area contributed by atoms with Crippen LogP contribution in [0.1, 0.15) is 24.5 Å². The molecule has 1 fully saturated rings. The predicted octanol–water partition coefficient (Wildman–Crippen LogP) is 2.72. The lowest BCUT2D eigenvalue weighted by Crippen LogP contribution is -2.40. The normalized spacial score (nSPS) is 22.3. The molecule has 2 rings (SSSR count). The second-order valence-electron chi connectivity index (χ2n) is 5.80. The average Bonchev–Trinajstić information content (AvgIpc) is 2.64. The molecule has 6 heteroatoms. The molecule has 0 radical (unpaired) electrons. The van der Waals surface area contributed by atoms with Crippen LogP contribution in [0.2, 0.25) is 0 Å². The minimum Gasteiger partial charge on any atom is -0.391 e. The molecule has 1 aromatic carbocycles. The molecule has 0 bridgehead atoms. The van der Waals surface area contributed by atoms with Crippen molar-refractivity contribution in [3.8, 4) is 0 Å². The van der Waals surface area contributed by atoms with Gasteiger partial charge in [0.05, 0.1) is 18.3 Å². The predicted molar refractivity (Wildman–Crippen MR) is 77.6 cm³/mol. The quantitative estimate of drug-likeness (QED) is 0.927. The smallest absolute Gasteiger partial charge is 0.391 e. The minimum atomic E-state index is -4.32. The molecule has 1 aromatic rings. The molecule has 0 saturated carbocycles. The molecule has 0 aliphatic carbocycles. The molecule has 22 heavy (non-hydrogen) atoms. The second-order valence-corrected chi connectivity index (χ2v) is 5.80. The van der Waals surface area contributed by atoms with Crippen molar-refractivity contribution in [3.63, 3.8) is 0 Å². The van der Waals surface area contributed by atoms with Gasteiger partial charge in [-0.15, -0.1) is 0 Å². The monoisotopic (exact) mass is 317 g/mol. The Hall–Kier alpha value is -1.11. The highest BCUT2D eigenvalue weighted by atomic mass is 19.4. The summed E-state index contributed by atoms with van der Waals surface area (Å²) in [6, 6.07) is 5.32. The second kappa shape index (κ2) is 7.44. The SMILES string of the molecule is CC1CCOCCN1CC(O)Cc1ccc(C(F)(F)F)cc1. The fraction of sp³-hybridized carbons (Fsp3) is 0.625. The lowest BCUT2D eigenvalue weighted by molar-refractivity contribution is -0.137. The highest BCUT2D eigenvalue weighted by Gasteiger charge is 2.30. The number of hydrogen-bond donors (Lipinski definition) is 1. The average molecular weight is 317 g/mol. The Labute approximate surface area is 128 Å². The van der Waals surface area contributed by atoms with Gasteiger partial charge < -0.3 is 9.84 Å². The minimum absolute atomic E-state index is 0.338. The Balaban J connectivity index is 1.89. The van der Waals surface area contributed by atoms with E-state index in [1.807, 2.05) is 0 Å². The summed E-state index contributed by atoms with van der Waals surface area (Å²) in [6.07, 6.45) is -3.65. The van der Waals surface area contributed by atoms with E-state index in [9.17, 15) is 18.3 Å². The number of β-amino-alcohol motifs (C(OH)–C–C–N with tert-alkyl or cyclic N) is 1. The van der Waals surface area contributed by atoms with Crippen molar-refractivity contribution >= 4 is 0 Å². The van der Waals surface area contributed by atoms with E-state index in [0.717, 1.165) is 31.7 Å². The maximum Gasteiger partial charge on any atom is 0.416 e. The van der Waals surface area contributed by atoms with Gasteiger partial charge in [0.15, 0.2) is 0 Å². The van der Waals surface area contributed by atoms with Crippen molar-refractivity contribution < 1.29 is 23.0 Å². The number of nitrogens with zero attached hydrogens (tertiary/aromatic N) is 1. The summed E-state index contributed by atoms with van der Waals surface area (Å²) < 4.78 is 42.9. The van der Waals surface area contributed by atoms with Crippen molar-refractivity contribution in [2.45, 2.75) is 38.1 Å². The van der Waals surface area contributed by atoms with Gasteiger partial charge in [-0.3, -0.25) is 4.90 Å². The standard InChI is InChI=1S/C16H22F3NO2/c1-12-6-8-22-9-7-20(12)11-15(21)10-13-2-4-14(5-3-13)16(17,18)19/h2-5,12,15,21H,6-11H2,1H3. The molecule has 0 amide bonds. The zero-order valence-corrected chi connectivity index (χ0v) is 12.6. The maximum absolute atomic E-state index is 12.5. The third-order valence-corrected chi connectivity index (χ3v) is 4.02. The van der Waals surface area contributed by atoms with Crippen molar-refractivity contribution in [1.82, 2.24) is 4.90 Å². The fourth-order valence-corrected chi connectivity index (χ4v) is 2.65. The number of aliphatic hydroxyl groups excluding tert-OH is 1. The van der Waals surface area contributed by atoms with E-state index >= 15 is 0 Å². The van der Waals surface area contributed by atoms with Crippen LogP contribution in [0, 0.1) is 0 Å². The van der Waals surface area contributed by atoms with Crippen LogP contribution in [-0.2, 0) is 17.3 Å². The van der Waals surface area contributed by atoms with E-state index in [2.05, 4.69) is 11.8 Å². The summed E-state index contributed by atoms with van der Waals surface area (Å²) in [5.41, 5.74) is 0.0447. The highest BCUT2D eigenvalue weighted by Crippen LogP contribution is 2.29. The van der Waals surface area contributed by atoms with E-state index in [1.54, 1.807) is 0 Å². The first kappa shape index (κ1) is 17.2. The Kier molecular flexibility index (Phi) is 5.83. The maximum atomic E-state index is 12.5. The van der Waals surface area contributed by atoms with Gasteiger partial charge in [0.25, 0.3) is 0 Å². The molecule has 0 spiro atoms. The van der Waals surface area contributed by atoms with Gasteiger partial charge in [-0.2, -0.15) is 13.2 Å². The molecule has 0 aromatic heterocycles. The van der Waals surface area contributed by atoms with Crippen LogP contribution in [0.3, 0.4) is 0 Å². The summed E-state index contributed by atoms with van der Waals surface area (Å²) in [6.45, 7) is 4.75. The van der Waals surface area contributed by atoms with Gasteiger partial charge in [-0.1, -0.05) is 12.1 Å². The largest absolute Gasteiger partial charge is 0.416 e. The lowest BCUT2D eigenvalue weighted by atomic mass is 10.0. The molecular formula is C16H22F3NO2. The first-order valence-corrected chi connectivity index (χ1v) is 7.52. The molecule has 1 heterocycles. The van der Waals surface area contributed by atoms with E-state index in [-0.39, 0.29) is 0 Å². The summed E-state index contributed by atoms with van der Waals surface area (Å²) in [4.78, 5) is 2.17. The number of alkyl halides is 3. The fourth-order valence-electron chi connectivity index (χ4n) is 2.65. The number of halogens is 3. The zero-order valence-electron chi connectivity index (χ0n) is 12.6. The van der Waals surface area contributed by atoms with Crippen LogP contribution in [0.5, 0.6) is 0 Å². The number of benzene rings is 1. The van der Waals surface area contributed by atoms with Crippen LogP contribution in [-0.4, -0.2) is 48.5 Å². The number of hydrogen-bond acceptors (Lipinski definition) is 3. The van der Waals surface area contributed by atoms with Gasteiger partial charge >= 0.3 is 6.18 Å². The number of ether oxygens (including phenoxy) is 1. The van der Waals surface area contributed by atoms with E-state index < -0.39 is 17.8 Å². The van der Waals surface area contributed by atoms with E-state index in [4.69, 9.17) is 4.74 Å².